The molecule has 1 saturated carbocycles. The second kappa shape index (κ2) is 6.84. The van der Waals surface area contributed by atoms with Crippen LogP contribution in [0.1, 0.15) is 32.6 Å². The highest BCUT2D eigenvalue weighted by Gasteiger charge is 2.32. The van der Waals surface area contributed by atoms with Crippen molar-refractivity contribution in [3.63, 3.8) is 0 Å². The maximum Gasteiger partial charge on any atom is 0.317 e. The molecule has 0 saturated heterocycles. The number of rotatable bonds is 7. The molecule has 2 amide bonds. The zero-order chi connectivity index (χ0) is 13.5. The maximum absolute atomic E-state index is 11.9. The van der Waals surface area contributed by atoms with Gasteiger partial charge in [-0.1, -0.05) is 6.92 Å². The lowest BCUT2D eigenvalue weighted by Crippen LogP contribution is -2.43. The number of carbonyl (C=O) groups excluding carboxylic acids is 1. The van der Waals surface area contributed by atoms with Crippen molar-refractivity contribution in [1.82, 2.24) is 10.2 Å². The molecule has 1 aliphatic rings. The van der Waals surface area contributed by atoms with Gasteiger partial charge >= 0.3 is 12.0 Å². The van der Waals surface area contributed by atoms with Gasteiger partial charge in [0.2, 0.25) is 0 Å². The third kappa shape index (κ3) is 5.04. The second-order valence-corrected chi connectivity index (χ2v) is 4.72. The lowest BCUT2D eigenvalue weighted by Gasteiger charge is -2.22. The number of nitrogens with one attached hydrogen (secondary N) is 1. The first-order valence-electron chi connectivity index (χ1n) is 6.17. The molecular formula is C12H19N3O3. The van der Waals surface area contributed by atoms with E-state index in [0.717, 1.165) is 12.8 Å². The molecule has 0 heterocycles. The van der Waals surface area contributed by atoms with Crippen LogP contribution in [0.2, 0.25) is 0 Å². The van der Waals surface area contributed by atoms with Crippen molar-refractivity contribution in [2.45, 2.75) is 38.6 Å². The van der Waals surface area contributed by atoms with Gasteiger partial charge in [-0.05, 0) is 18.8 Å². The fourth-order valence-electron chi connectivity index (χ4n) is 1.74. The van der Waals surface area contributed by atoms with Gasteiger partial charge in [0.05, 0.1) is 12.5 Å². The third-order valence-electron chi connectivity index (χ3n) is 2.84. The summed E-state index contributed by atoms with van der Waals surface area (Å²) in [6.07, 6.45) is 2.35. The van der Waals surface area contributed by atoms with Gasteiger partial charge in [0, 0.05) is 25.6 Å². The summed E-state index contributed by atoms with van der Waals surface area (Å²) >= 11 is 0. The van der Waals surface area contributed by atoms with E-state index in [1.807, 2.05) is 6.07 Å². The van der Waals surface area contributed by atoms with Crippen molar-refractivity contribution in [3.05, 3.63) is 0 Å². The first-order chi connectivity index (χ1) is 8.54. The van der Waals surface area contributed by atoms with Gasteiger partial charge in [-0.3, -0.25) is 4.79 Å². The van der Waals surface area contributed by atoms with Gasteiger partial charge < -0.3 is 15.3 Å². The topological polar surface area (TPSA) is 93.4 Å². The average molecular weight is 253 g/mol. The van der Waals surface area contributed by atoms with Crippen molar-refractivity contribution in [1.29, 1.82) is 5.26 Å². The van der Waals surface area contributed by atoms with Crippen LogP contribution in [0.15, 0.2) is 0 Å². The van der Waals surface area contributed by atoms with Crippen LogP contribution in [-0.2, 0) is 4.79 Å². The number of aliphatic carboxylic acids is 1. The largest absolute Gasteiger partial charge is 0.481 e. The standard InChI is InChI=1S/C12H19N3O3/c1-9(7-11(16)17)8-14-12(18)15(6-2-5-13)10-3-4-10/h9-10H,2-4,6-8H2,1H3,(H,14,18)(H,16,17). The van der Waals surface area contributed by atoms with Gasteiger partial charge in [0.15, 0.2) is 0 Å². The molecule has 1 fully saturated rings. The number of urea groups is 1. The molecule has 1 aliphatic carbocycles. The summed E-state index contributed by atoms with van der Waals surface area (Å²) in [5, 5.41) is 19.9. The number of amides is 2. The van der Waals surface area contributed by atoms with Gasteiger partial charge in [0.1, 0.15) is 0 Å². The molecule has 0 aromatic heterocycles. The van der Waals surface area contributed by atoms with Crippen LogP contribution in [0.4, 0.5) is 4.79 Å². The summed E-state index contributed by atoms with van der Waals surface area (Å²) in [6, 6.07) is 2.09. The predicted molar refractivity (Wildman–Crippen MR) is 64.8 cm³/mol. The van der Waals surface area contributed by atoms with Crippen LogP contribution in [0, 0.1) is 17.2 Å². The monoisotopic (exact) mass is 253 g/mol. The van der Waals surface area contributed by atoms with E-state index in [0.29, 0.717) is 19.5 Å². The molecular weight excluding hydrogens is 234 g/mol. The van der Waals surface area contributed by atoms with E-state index in [1.54, 1.807) is 11.8 Å². The quantitative estimate of drug-likeness (QED) is 0.712. The summed E-state index contributed by atoms with van der Waals surface area (Å²) in [5.74, 6) is -0.955. The number of nitrogens with zero attached hydrogens (tertiary/aromatic N) is 2. The summed E-state index contributed by atoms with van der Waals surface area (Å²) in [4.78, 5) is 24.0. The fraction of sp³-hybridized carbons (Fsp3) is 0.750. The Bertz CT molecular complexity index is 347. The molecule has 6 nitrogen and oxygen atoms in total. The van der Waals surface area contributed by atoms with E-state index in [9.17, 15) is 9.59 Å². The molecule has 0 aliphatic heterocycles. The molecule has 1 unspecified atom stereocenters. The number of hydrogen-bond acceptors (Lipinski definition) is 3. The molecule has 100 valence electrons. The predicted octanol–water partition coefficient (Wildman–Crippen LogP) is 1.18. The third-order valence-corrected chi connectivity index (χ3v) is 2.84. The van der Waals surface area contributed by atoms with E-state index in [-0.39, 0.29) is 24.4 Å². The van der Waals surface area contributed by atoms with Crippen molar-refractivity contribution < 1.29 is 14.7 Å². The van der Waals surface area contributed by atoms with E-state index < -0.39 is 5.97 Å². The van der Waals surface area contributed by atoms with E-state index >= 15 is 0 Å². The van der Waals surface area contributed by atoms with Gasteiger partial charge in [-0.15, -0.1) is 0 Å². The average Bonchev–Trinajstić information content (AvgIpc) is 3.10. The normalized spacial score (nSPS) is 15.6. The summed E-state index contributed by atoms with van der Waals surface area (Å²) in [6.45, 7) is 2.58. The van der Waals surface area contributed by atoms with Crippen LogP contribution in [0.25, 0.3) is 0 Å². The Morgan fingerprint density at radius 1 is 1.56 bits per heavy atom. The van der Waals surface area contributed by atoms with Crippen molar-refractivity contribution in [2.75, 3.05) is 13.1 Å². The first-order valence-corrected chi connectivity index (χ1v) is 6.17. The first kappa shape index (κ1) is 14.3. The fourth-order valence-corrected chi connectivity index (χ4v) is 1.74. The van der Waals surface area contributed by atoms with Crippen LogP contribution in [-0.4, -0.2) is 41.1 Å². The zero-order valence-electron chi connectivity index (χ0n) is 10.6. The van der Waals surface area contributed by atoms with Crippen molar-refractivity contribution in [3.8, 4) is 6.07 Å². The van der Waals surface area contributed by atoms with E-state index in [4.69, 9.17) is 10.4 Å². The number of hydrogen-bond donors (Lipinski definition) is 2. The highest BCUT2D eigenvalue weighted by Crippen LogP contribution is 2.26. The minimum atomic E-state index is -0.861. The number of carboxylic acid groups (broad SMARTS) is 1. The van der Waals surface area contributed by atoms with Gasteiger partial charge in [0.25, 0.3) is 0 Å². The molecule has 0 bridgehead atoms. The Kier molecular flexibility index (Phi) is 5.43. The van der Waals surface area contributed by atoms with Gasteiger partial charge in [-0.25, -0.2) is 4.79 Å². The molecule has 18 heavy (non-hydrogen) atoms. The number of nitriles is 1. The molecule has 0 aromatic rings. The van der Waals surface area contributed by atoms with E-state index in [1.165, 1.54) is 0 Å². The Hall–Kier alpha value is -1.77. The van der Waals surface area contributed by atoms with Gasteiger partial charge in [-0.2, -0.15) is 5.26 Å². The van der Waals surface area contributed by atoms with E-state index in [2.05, 4.69) is 5.32 Å². The SMILES string of the molecule is CC(CNC(=O)N(CCC#N)C1CC1)CC(=O)O. The van der Waals surface area contributed by atoms with Crippen molar-refractivity contribution in [2.24, 2.45) is 5.92 Å². The number of carbonyl (C=O) groups is 2. The molecule has 0 radical (unpaired) electrons. The van der Waals surface area contributed by atoms with Crippen LogP contribution in [0.3, 0.4) is 0 Å². The summed E-state index contributed by atoms with van der Waals surface area (Å²) < 4.78 is 0. The highest BCUT2D eigenvalue weighted by atomic mass is 16.4. The molecule has 1 atom stereocenters. The molecule has 2 N–H and O–H groups in total. The minimum Gasteiger partial charge on any atom is -0.481 e. The molecule has 0 aromatic carbocycles. The lowest BCUT2D eigenvalue weighted by atomic mass is 10.1. The van der Waals surface area contributed by atoms with Crippen LogP contribution in [0.5, 0.6) is 0 Å². The van der Waals surface area contributed by atoms with Crippen LogP contribution < -0.4 is 5.32 Å². The zero-order valence-corrected chi connectivity index (χ0v) is 10.6. The van der Waals surface area contributed by atoms with Crippen molar-refractivity contribution >= 4 is 12.0 Å². The Labute approximate surface area is 107 Å². The molecule has 0 spiro atoms. The molecule has 6 heteroatoms. The maximum atomic E-state index is 11.9. The molecule has 1 rings (SSSR count). The van der Waals surface area contributed by atoms with Crippen LogP contribution >= 0.6 is 0 Å². The Morgan fingerprint density at radius 3 is 2.72 bits per heavy atom. The summed E-state index contributed by atoms with van der Waals surface area (Å²) in [7, 11) is 0. The highest BCUT2D eigenvalue weighted by molar-refractivity contribution is 5.75. The smallest absolute Gasteiger partial charge is 0.317 e. The number of carboxylic acids is 1. The lowest BCUT2D eigenvalue weighted by molar-refractivity contribution is -0.137. The minimum absolute atomic E-state index is 0.0436. The second-order valence-electron chi connectivity index (χ2n) is 4.72. The Balaban J connectivity index is 2.32. The Morgan fingerprint density at radius 2 is 2.22 bits per heavy atom. The summed E-state index contributed by atoms with van der Waals surface area (Å²) in [5.41, 5.74) is 0.